The normalized spacial score (nSPS) is 14.6. The molecule has 1 saturated heterocycles. The van der Waals surface area contributed by atoms with Crippen LogP contribution in [0.5, 0.6) is 5.75 Å². The molecule has 0 bridgehead atoms. The Morgan fingerprint density at radius 3 is 2.42 bits per heavy atom. The van der Waals surface area contributed by atoms with E-state index in [1.54, 1.807) is 12.1 Å². The molecule has 0 unspecified atom stereocenters. The number of nitrogens with zero attached hydrogens (tertiary/aromatic N) is 2. The Labute approximate surface area is 182 Å². The summed E-state index contributed by atoms with van der Waals surface area (Å²) in [6.07, 6.45) is 0. The minimum atomic E-state index is -2.99. The molecule has 2 aromatic carbocycles. The molecule has 1 aliphatic heterocycles. The molecule has 1 fully saturated rings. The fraction of sp³-hybridized carbons (Fsp3) is 0.333. The van der Waals surface area contributed by atoms with Gasteiger partial charge in [0.15, 0.2) is 5.78 Å². The predicted molar refractivity (Wildman–Crippen MR) is 112 cm³/mol. The van der Waals surface area contributed by atoms with Crippen molar-refractivity contribution in [2.45, 2.75) is 13.5 Å². The van der Waals surface area contributed by atoms with Crippen LogP contribution < -0.4 is 15.0 Å². The number of piperazine rings is 1. The molecule has 0 saturated carbocycles. The molecule has 1 heterocycles. The molecule has 0 spiro atoms. The van der Waals surface area contributed by atoms with E-state index in [2.05, 4.69) is 10.1 Å². The molecule has 31 heavy (non-hydrogen) atoms. The van der Waals surface area contributed by atoms with Crippen LogP contribution in [0.1, 0.15) is 17.3 Å². The van der Waals surface area contributed by atoms with Gasteiger partial charge in [-0.3, -0.25) is 14.5 Å². The lowest BCUT2D eigenvalue weighted by atomic mass is 10.1. The number of benzene rings is 2. The third-order valence-electron chi connectivity index (χ3n) is 4.87. The van der Waals surface area contributed by atoms with E-state index < -0.39 is 12.4 Å². The van der Waals surface area contributed by atoms with Gasteiger partial charge in [-0.15, -0.1) is 0 Å². The first kappa shape index (κ1) is 22.9. The Morgan fingerprint density at radius 1 is 1.13 bits per heavy atom. The van der Waals surface area contributed by atoms with Gasteiger partial charge < -0.3 is 15.0 Å². The van der Waals surface area contributed by atoms with Crippen LogP contribution in [-0.2, 0) is 4.79 Å². The lowest BCUT2D eigenvalue weighted by Crippen LogP contribution is -2.48. The van der Waals surface area contributed by atoms with Crippen molar-refractivity contribution in [1.82, 2.24) is 4.90 Å². The lowest BCUT2D eigenvalue weighted by Gasteiger charge is -2.35. The Balaban J connectivity index is 1.51. The van der Waals surface area contributed by atoms with Crippen LogP contribution in [0.4, 0.5) is 24.5 Å². The first-order valence-electron chi connectivity index (χ1n) is 9.55. The number of carbonyl (C=O) groups excluding carboxylic acids is 2. The van der Waals surface area contributed by atoms with Crippen LogP contribution in [0.3, 0.4) is 0 Å². The Morgan fingerprint density at radius 2 is 1.84 bits per heavy atom. The number of Topliss-reactive ketones (excluding diaryl/α,β-unsaturated/α-hetero) is 1. The molecule has 1 N–H and O–H groups in total. The summed E-state index contributed by atoms with van der Waals surface area (Å²) in [5.74, 6) is -1.10. The highest BCUT2D eigenvalue weighted by Gasteiger charge is 2.22. The number of hydrogen-bond acceptors (Lipinski definition) is 5. The van der Waals surface area contributed by atoms with Gasteiger partial charge in [0.1, 0.15) is 11.6 Å². The summed E-state index contributed by atoms with van der Waals surface area (Å²) in [6.45, 7) is 0.651. The van der Waals surface area contributed by atoms with Crippen LogP contribution in [0.15, 0.2) is 36.4 Å². The molecule has 0 aromatic heterocycles. The molecular weight excluding hydrogens is 435 g/mol. The van der Waals surface area contributed by atoms with Crippen molar-refractivity contribution < 1.29 is 27.5 Å². The van der Waals surface area contributed by atoms with Gasteiger partial charge in [0.2, 0.25) is 5.91 Å². The summed E-state index contributed by atoms with van der Waals surface area (Å²) in [6, 6.07) is 8.45. The number of ketones is 1. The highest BCUT2D eigenvalue weighted by molar-refractivity contribution is 6.32. The van der Waals surface area contributed by atoms with Crippen molar-refractivity contribution in [1.29, 1.82) is 0 Å². The van der Waals surface area contributed by atoms with Gasteiger partial charge in [0.25, 0.3) is 0 Å². The van der Waals surface area contributed by atoms with E-state index in [1.807, 2.05) is 9.80 Å². The Hall–Kier alpha value is -2.78. The molecular formula is C21H21ClF3N3O3. The first-order valence-corrected chi connectivity index (χ1v) is 9.92. The van der Waals surface area contributed by atoms with Crippen molar-refractivity contribution in [2.75, 3.05) is 42.9 Å². The molecule has 10 heteroatoms. The Bertz CT molecular complexity index is 966. The molecule has 6 nitrogen and oxygen atoms in total. The number of halogens is 4. The molecule has 166 valence electrons. The topological polar surface area (TPSA) is 61.9 Å². The lowest BCUT2D eigenvalue weighted by molar-refractivity contribution is -0.117. The van der Waals surface area contributed by atoms with Gasteiger partial charge in [-0.1, -0.05) is 11.6 Å². The minimum Gasteiger partial charge on any atom is -0.433 e. The summed E-state index contributed by atoms with van der Waals surface area (Å²) >= 11 is 5.89. The number of amides is 1. The average Bonchev–Trinajstić information content (AvgIpc) is 2.70. The third kappa shape index (κ3) is 6.11. The quantitative estimate of drug-likeness (QED) is 0.638. The standard InChI is InChI=1S/C21H21ClF3N3O3/c1-13(29)14-2-4-18(17(23)10-14)28-8-6-27(7-9-28)12-20(30)26-15-3-5-19(16(22)11-15)31-21(24)25/h2-5,10-11,21H,6-9,12H2,1H3,(H,26,30). The van der Waals surface area contributed by atoms with Crippen LogP contribution >= 0.6 is 11.6 Å². The molecule has 2 aromatic rings. The number of hydrogen-bond donors (Lipinski definition) is 1. The van der Waals surface area contributed by atoms with Crippen molar-refractivity contribution in [3.63, 3.8) is 0 Å². The van der Waals surface area contributed by atoms with Gasteiger partial charge in [0, 0.05) is 37.4 Å². The summed E-state index contributed by atoms with van der Waals surface area (Å²) < 4.78 is 43.2. The number of alkyl halides is 2. The second kappa shape index (κ2) is 10.0. The fourth-order valence-corrected chi connectivity index (χ4v) is 3.53. The van der Waals surface area contributed by atoms with Gasteiger partial charge in [-0.25, -0.2) is 4.39 Å². The Kier molecular flexibility index (Phi) is 7.40. The van der Waals surface area contributed by atoms with E-state index >= 15 is 0 Å². The second-order valence-electron chi connectivity index (χ2n) is 7.06. The number of anilines is 2. The van der Waals surface area contributed by atoms with E-state index in [0.717, 1.165) is 0 Å². The molecule has 3 rings (SSSR count). The second-order valence-corrected chi connectivity index (χ2v) is 7.46. The SMILES string of the molecule is CC(=O)c1ccc(N2CCN(CC(=O)Nc3ccc(OC(F)F)c(Cl)c3)CC2)c(F)c1. The summed E-state index contributed by atoms with van der Waals surface area (Å²) in [7, 11) is 0. The predicted octanol–water partition coefficient (Wildman–Crippen LogP) is 4.04. The molecule has 0 atom stereocenters. The van der Waals surface area contributed by atoms with E-state index in [4.69, 9.17) is 11.6 Å². The van der Waals surface area contributed by atoms with E-state index in [1.165, 1.54) is 31.2 Å². The maximum atomic E-state index is 14.3. The monoisotopic (exact) mass is 455 g/mol. The minimum absolute atomic E-state index is 0.0375. The highest BCUT2D eigenvalue weighted by atomic mass is 35.5. The molecule has 0 radical (unpaired) electrons. The number of rotatable bonds is 7. The number of ether oxygens (including phenoxy) is 1. The van der Waals surface area contributed by atoms with Gasteiger partial charge in [0.05, 0.1) is 17.3 Å². The molecule has 0 aliphatic carbocycles. The van der Waals surface area contributed by atoms with Crippen LogP contribution in [-0.4, -0.2) is 55.9 Å². The maximum Gasteiger partial charge on any atom is 0.387 e. The van der Waals surface area contributed by atoms with Crippen LogP contribution in [0.25, 0.3) is 0 Å². The highest BCUT2D eigenvalue weighted by Crippen LogP contribution is 2.29. The van der Waals surface area contributed by atoms with Crippen molar-refractivity contribution in [2.24, 2.45) is 0 Å². The largest absolute Gasteiger partial charge is 0.433 e. The zero-order valence-electron chi connectivity index (χ0n) is 16.7. The summed E-state index contributed by atoms with van der Waals surface area (Å²) in [5.41, 5.74) is 1.11. The van der Waals surface area contributed by atoms with Gasteiger partial charge in [-0.05, 0) is 43.3 Å². The zero-order chi connectivity index (χ0) is 22.5. The smallest absolute Gasteiger partial charge is 0.387 e. The summed E-state index contributed by atoms with van der Waals surface area (Å²) in [5, 5.41) is 2.63. The van der Waals surface area contributed by atoms with Gasteiger partial charge >= 0.3 is 6.61 Å². The van der Waals surface area contributed by atoms with Gasteiger partial charge in [-0.2, -0.15) is 8.78 Å². The summed E-state index contributed by atoms with van der Waals surface area (Å²) in [4.78, 5) is 27.5. The van der Waals surface area contributed by atoms with Crippen LogP contribution in [0, 0.1) is 5.82 Å². The van der Waals surface area contributed by atoms with Crippen molar-refractivity contribution >= 4 is 34.7 Å². The maximum absolute atomic E-state index is 14.3. The van der Waals surface area contributed by atoms with E-state index in [-0.39, 0.29) is 29.0 Å². The van der Waals surface area contributed by atoms with E-state index in [0.29, 0.717) is 43.1 Å². The number of nitrogens with one attached hydrogen (secondary N) is 1. The van der Waals surface area contributed by atoms with Crippen LogP contribution in [0.2, 0.25) is 5.02 Å². The number of carbonyl (C=O) groups is 2. The van der Waals surface area contributed by atoms with Crippen molar-refractivity contribution in [3.8, 4) is 5.75 Å². The first-order chi connectivity index (χ1) is 14.7. The zero-order valence-corrected chi connectivity index (χ0v) is 17.5. The fourth-order valence-electron chi connectivity index (χ4n) is 3.30. The molecule has 1 amide bonds. The third-order valence-corrected chi connectivity index (χ3v) is 5.16. The van der Waals surface area contributed by atoms with E-state index in [9.17, 15) is 22.8 Å². The molecule has 1 aliphatic rings. The van der Waals surface area contributed by atoms with Crippen molar-refractivity contribution in [3.05, 3.63) is 52.8 Å². The average molecular weight is 456 g/mol.